The van der Waals surface area contributed by atoms with Crippen molar-refractivity contribution in [2.75, 3.05) is 5.75 Å². The first-order valence-corrected chi connectivity index (χ1v) is 11.3. The van der Waals surface area contributed by atoms with Crippen molar-refractivity contribution in [3.8, 4) is 0 Å². The molecule has 0 bridgehead atoms. The van der Waals surface area contributed by atoms with Crippen LogP contribution in [0.5, 0.6) is 0 Å². The van der Waals surface area contributed by atoms with Gasteiger partial charge in [-0.3, -0.25) is 4.79 Å². The molecule has 0 N–H and O–H groups in total. The largest absolute Gasteiger partial charge is 0.315 e. The summed E-state index contributed by atoms with van der Waals surface area (Å²) in [5, 5.41) is 0.582. The van der Waals surface area contributed by atoms with Crippen LogP contribution in [-0.2, 0) is 21.2 Å². The van der Waals surface area contributed by atoms with Gasteiger partial charge in [-0.2, -0.15) is 4.99 Å². The number of fused-ring (bicyclic) bond motifs is 1. The van der Waals surface area contributed by atoms with E-state index in [-0.39, 0.29) is 4.90 Å². The number of sulfone groups is 1. The monoisotopic (exact) mass is 422 g/mol. The van der Waals surface area contributed by atoms with Gasteiger partial charge in [0.2, 0.25) is 0 Å². The third kappa shape index (κ3) is 4.31. The predicted octanol–water partition coefficient (Wildman–Crippen LogP) is 3.98. The van der Waals surface area contributed by atoms with E-state index in [1.807, 2.05) is 30.5 Å². The van der Waals surface area contributed by atoms with Crippen LogP contribution in [0.2, 0.25) is 5.02 Å². The highest BCUT2D eigenvalue weighted by Crippen LogP contribution is 2.25. The molecule has 1 heterocycles. The zero-order valence-electron chi connectivity index (χ0n) is 15.0. The van der Waals surface area contributed by atoms with Crippen LogP contribution in [0.3, 0.4) is 0 Å². The van der Waals surface area contributed by atoms with Gasteiger partial charge in [-0.05, 0) is 37.6 Å². The Hall–Kier alpha value is -1.96. The molecule has 0 fully saturated rings. The Kier molecular flexibility index (Phi) is 5.83. The fourth-order valence-corrected chi connectivity index (χ4v) is 5.27. The lowest BCUT2D eigenvalue weighted by Gasteiger charge is -2.04. The molecule has 0 aliphatic heterocycles. The van der Waals surface area contributed by atoms with Crippen LogP contribution in [0, 0.1) is 6.92 Å². The molecule has 0 atom stereocenters. The third-order valence-corrected chi connectivity index (χ3v) is 6.98. The Bertz CT molecular complexity index is 1160. The topological polar surface area (TPSA) is 68.5 Å². The summed E-state index contributed by atoms with van der Waals surface area (Å²) >= 11 is 7.64. The maximum atomic E-state index is 12.5. The van der Waals surface area contributed by atoms with E-state index in [4.69, 9.17) is 11.6 Å². The zero-order chi connectivity index (χ0) is 19.6. The van der Waals surface area contributed by atoms with Gasteiger partial charge >= 0.3 is 0 Å². The number of aryl methyl sites for hydroxylation is 2. The number of nitrogens with zero attached hydrogens (tertiary/aromatic N) is 2. The molecular formula is C19H19ClN2O3S2. The summed E-state index contributed by atoms with van der Waals surface area (Å²) < 4.78 is 27.7. The summed E-state index contributed by atoms with van der Waals surface area (Å²) in [5.74, 6) is -1.35. The van der Waals surface area contributed by atoms with E-state index in [0.29, 0.717) is 16.4 Å². The number of thiazole rings is 1. The quantitative estimate of drug-likeness (QED) is 0.624. The van der Waals surface area contributed by atoms with Crippen molar-refractivity contribution in [2.24, 2.45) is 4.99 Å². The van der Waals surface area contributed by atoms with E-state index in [2.05, 4.69) is 4.99 Å². The Labute approximate surface area is 166 Å². The van der Waals surface area contributed by atoms with Crippen LogP contribution in [0.4, 0.5) is 0 Å². The second-order valence-electron chi connectivity index (χ2n) is 6.20. The van der Waals surface area contributed by atoms with Gasteiger partial charge in [-0.15, -0.1) is 0 Å². The van der Waals surface area contributed by atoms with Crippen molar-refractivity contribution < 1.29 is 13.2 Å². The summed E-state index contributed by atoms with van der Waals surface area (Å²) in [6, 6.07) is 12.0. The molecule has 27 heavy (non-hydrogen) atoms. The Balaban J connectivity index is 1.99. The van der Waals surface area contributed by atoms with E-state index in [1.54, 1.807) is 18.2 Å². The van der Waals surface area contributed by atoms with E-state index in [9.17, 15) is 13.2 Å². The Morgan fingerprint density at radius 1 is 1.19 bits per heavy atom. The molecule has 0 aliphatic carbocycles. The molecule has 2 aromatic carbocycles. The molecule has 5 nitrogen and oxygen atoms in total. The van der Waals surface area contributed by atoms with Crippen molar-refractivity contribution in [3.63, 3.8) is 0 Å². The minimum Gasteiger partial charge on any atom is -0.315 e. The summed E-state index contributed by atoms with van der Waals surface area (Å²) in [4.78, 5) is 17.1. The lowest BCUT2D eigenvalue weighted by molar-refractivity contribution is -0.115. The van der Waals surface area contributed by atoms with Crippen LogP contribution in [0.25, 0.3) is 10.2 Å². The first-order valence-electron chi connectivity index (χ1n) is 8.46. The van der Waals surface area contributed by atoms with Gasteiger partial charge in [-0.1, -0.05) is 53.6 Å². The van der Waals surface area contributed by atoms with Crippen molar-refractivity contribution in [1.29, 1.82) is 0 Å². The van der Waals surface area contributed by atoms with Gasteiger partial charge in [0.25, 0.3) is 5.91 Å². The van der Waals surface area contributed by atoms with E-state index in [0.717, 1.165) is 22.2 Å². The molecule has 0 spiro atoms. The van der Waals surface area contributed by atoms with Crippen LogP contribution in [0.15, 0.2) is 52.4 Å². The molecule has 142 valence electrons. The zero-order valence-corrected chi connectivity index (χ0v) is 17.4. The lowest BCUT2D eigenvalue weighted by atomic mass is 10.2. The highest BCUT2D eigenvalue weighted by Gasteiger charge is 2.19. The average molecular weight is 423 g/mol. The normalized spacial score (nSPS) is 12.6. The molecule has 3 aromatic rings. The van der Waals surface area contributed by atoms with Crippen LogP contribution in [0.1, 0.15) is 18.9 Å². The first-order chi connectivity index (χ1) is 12.8. The van der Waals surface area contributed by atoms with Gasteiger partial charge in [-0.25, -0.2) is 8.42 Å². The molecule has 0 saturated carbocycles. The third-order valence-electron chi connectivity index (χ3n) is 4.01. The summed E-state index contributed by atoms with van der Waals surface area (Å²) in [6.07, 6.45) is 0.833. The van der Waals surface area contributed by atoms with Gasteiger partial charge < -0.3 is 4.57 Å². The maximum Gasteiger partial charge on any atom is 0.263 e. The number of hydrogen-bond donors (Lipinski definition) is 0. The summed E-state index contributed by atoms with van der Waals surface area (Å²) in [7, 11) is -3.73. The molecule has 0 aliphatic rings. The summed E-state index contributed by atoms with van der Waals surface area (Å²) in [5.41, 5.74) is 1.77. The van der Waals surface area contributed by atoms with E-state index in [1.165, 1.54) is 23.5 Å². The molecule has 0 saturated heterocycles. The van der Waals surface area contributed by atoms with E-state index >= 15 is 0 Å². The molecule has 1 amide bonds. The van der Waals surface area contributed by atoms with Crippen LogP contribution < -0.4 is 4.80 Å². The molecule has 1 aromatic heterocycles. The van der Waals surface area contributed by atoms with Gasteiger partial charge in [0, 0.05) is 6.54 Å². The molecule has 3 rings (SSSR count). The standard InChI is InChI=1S/C19H19ClN2O3S2/c1-3-11-22-18-15(20)5-4-6-16(18)26-19(22)21-17(23)12-27(24,25)14-9-7-13(2)8-10-14/h4-10H,3,11-12H2,1-2H3. The van der Waals surface area contributed by atoms with Crippen molar-refractivity contribution in [3.05, 3.63) is 57.9 Å². The number of hydrogen-bond acceptors (Lipinski definition) is 4. The highest BCUT2D eigenvalue weighted by atomic mass is 35.5. The number of para-hydroxylation sites is 1. The number of carbonyl (C=O) groups excluding carboxylic acids is 1. The fourth-order valence-electron chi connectivity index (χ4n) is 2.73. The van der Waals surface area contributed by atoms with Crippen LogP contribution >= 0.6 is 22.9 Å². The molecule has 8 heteroatoms. The Morgan fingerprint density at radius 3 is 2.56 bits per heavy atom. The lowest BCUT2D eigenvalue weighted by Crippen LogP contribution is -2.21. The van der Waals surface area contributed by atoms with Crippen molar-refractivity contribution in [1.82, 2.24) is 4.57 Å². The van der Waals surface area contributed by atoms with Crippen LogP contribution in [-0.4, -0.2) is 24.6 Å². The smallest absolute Gasteiger partial charge is 0.263 e. The average Bonchev–Trinajstić information content (AvgIpc) is 2.93. The number of amides is 1. The van der Waals surface area contributed by atoms with Gasteiger partial charge in [0.05, 0.1) is 20.1 Å². The maximum absolute atomic E-state index is 12.5. The predicted molar refractivity (Wildman–Crippen MR) is 109 cm³/mol. The molecular weight excluding hydrogens is 404 g/mol. The summed E-state index contributed by atoms with van der Waals surface area (Å²) in [6.45, 7) is 4.53. The Morgan fingerprint density at radius 2 is 1.89 bits per heavy atom. The number of halogens is 1. The minimum absolute atomic E-state index is 0.123. The molecule has 0 unspecified atom stereocenters. The minimum atomic E-state index is -3.73. The van der Waals surface area contributed by atoms with Crippen molar-refractivity contribution in [2.45, 2.75) is 31.7 Å². The van der Waals surface area contributed by atoms with Gasteiger partial charge in [0.15, 0.2) is 14.6 Å². The second-order valence-corrected chi connectivity index (χ2v) is 9.61. The fraction of sp³-hybridized carbons (Fsp3) is 0.263. The number of benzene rings is 2. The second kappa shape index (κ2) is 7.96. The SMILES string of the molecule is CCCn1c(=NC(=O)CS(=O)(=O)c2ccc(C)cc2)sc2cccc(Cl)c21. The molecule has 0 radical (unpaired) electrons. The first kappa shape index (κ1) is 19.8. The van der Waals surface area contributed by atoms with E-state index < -0.39 is 21.5 Å². The van der Waals surface area contributed by atoms with Gasteiger partial charge in [0.1, 0.15) is 5.75 Å². The number of aromatic nitrogens is 1. The highest BCUT2D eigenvalue weighted by molar-refractivity contribution is 7.92. The number of carbonyl (C=O) groups is 1. The number of rotatable bonds is 5. The van der Waals surface area contributed by atoms with Crippen molar-refractivity contribution >= 4 is 48.9 Å².